The number of carboxylic acids is 1. The highest BCUT2D eigenvalue weighted by Gasteiger charge is 2.51. The predicted octanol–water partition coefficient (Wildman–Crippen LogP) is 11.7. The summed E-state index contributed by atoms with van der Waals surface area (Å²) in [5, 5.41) is 25.9. The molecule has 4 N–H and O–H groups in total. The molecule has 0 bridgehead atoms. The van der Waals surface area contributed by atoms with Crippen LogP contribution in [-0.2, 0) is 45.0 Å². The summed E-state index contributed by atoms with van der Waals surface area (Å²) < 4.78 is 51.6. The molecule has 2 saturated heterocycles. The normalized spacial score (nSPS) is 20.7. The molecule has 21 nitrogen and oxygen atoms in total. The summed E-state index contributed by atoms with van der Waals surface area (Å²) >= 11 is 0. The van der Waals surface area contributed by atoms with Crippen LogP contribution in [0.2, 0.25) is 0 Å². The average Bonchev–Trinajstić information content (AvgIpc) is 1.28. The number of rotatable bonds is 13. The van der Waals surface area contributed by atoms with E-state index >= 15 is 0 Å². The molecule has 0 unspecified atom stereocenters. The molecule has 4 atom stereocenters. The minimum Gasteiger partial charge on any atom is -0.497 e. The van der Waals surface area contributed by atoms with Gasteiger partial charge in [0.1, 0.15) is 69.9 Å². The van der Waals surface area contributed by atoms with Crippen molar-refractivity contribution in [3.05, 3.63) is 126 Å². The number of fused-ring (bicyclic) bond motifs is 2. The topological polar surface area (TPSA) is 262 Å². The molecule has 4 amide bonds. The minimum atomic E-state index is -1.31. The Bertz CT molecular complexity index is 3740. The number of hydrogen-bond acceptors (Lipinski definition) is 14. The van der Waals surface area contributed by atoms with Crippen LogP contribution in [0.4, 0.5) is 25.2 Å². The van der Waals surface area contributed by atoms with Gasteiger partial charge in [-0.1, -0.05) is 94.2 Å². The van der Waals surface area contributed by atoms with E-state index in [0.717, 1.165) is 103 Å². The number of carbonyl (C=O) groups is 6. The van der Waals surface area contributed by atoms with Crippen molar-refractivity contribution >= 4 is 69.4 Å². The Hall–Kier alpha value is -9.02. The fourth-order valence-corrected chi connectivity index (χ4v) is 13.9. The number of H-pyrrole nitrogens is 1. The summed E-state index contributed by atoms with van der Waals surface area (Å²) in [5.74, 6) is 0.713. The Kier molecular flexibility index (Phi) is 20.2. The molecule has 3 saturated carbocycles. The van der Waals surface area contributed by atoms with Crippen LogP contribution in [0.25, 0.3) is 22.1 Å². The lowest BCUT2D eigenvalue weighted by molar-refractivity contribution is -0.145. The summed E-state index contributed by atoms with van der Waals surface area (Å²) in [6.07, 6.45) is 12.6. The van der Waals surface area contributed by atoms with Crippen molar-refractivity contribution in [3.63, 3.8) is 0 Å². The number of aliphatic carboxylic acids is 1. The standard InChI is InChI=1S/C30H36FN5O5.C25H28FN5O3.C14H18O3/c1-29(2,3)41-28(39)36-23-12-13-25(33-22(23)17-32-36)34-26(37)24-16-20(31)18-35(24)27(38)30(14-6-5-7-15-30)19-8-10-21(40-4)11-9-19;1-34-18-7-5-16(6-8-18)25(11-3-2-4-12-25)24(33)31-15-17(26)13-21(31)23(32)29-22-10-9-19-20(28-22)14-27-30-19;1-17-12-7-5-11(6-8-12)14(13(15)16)9-3-2-4-10-14/h8-13,17,20,24H,5-7,14-16,18H2,1-4H3,(H,33,34,37);5-10,14,17,21H,2-4,11-13,15H2,1H3,(H,27,30)(H,28,29,32);5-8H,2-4,9-10H2,1H3,(H,15,16)/t20-,24-;17-,21-;/m11./s1. The van der Waals surface area contributed by atoms with Crippen molar-refractivity contribution in [2.75, 3.05) is 45.1 Å². The van der Waals surface area contributed by atoms with Crippen LogP contribution >= 0.6 is 0 Å². The molecule has 5 aliphatic rings. The van der Waals surface area contributed by atoms with Crippen molar-refractivity contribution in [3.8, 4) is 17.2 Å². The van der Waals surface area contributed by atoms with Gasteiger partial charge in [0.2, 0.25) is 23.6 Å². The van der Waals surface area contributed by atoms with Gasteiger partial charge in [0, 0.05) is 12.8 Å². The molecule has 0 radical (unpaired) electrons. The van der Waals surface area contributed by atoms with Crippen LogP contribution in [0.3, 0.4) is 0 Å². The number of hydrogen-bond donors (Lipinski definition) is 4. The number of nitrogens with one attached hydrogen (secondary N) is 3. The van der Waals surface area contributed by atoms with Gasteiger partial charge in [0.05, 0.1) is 74.1 Å². The molecule has 5 fully saturated rings. The van der Waals surface area contributed by atoms with Crippen LogP contribution in [0, 0.1) is 0 Å². The summed E-state index contributed by atoms with van der Waals surface area (Å²) in [6.45, 7) is 5.06. The maximum atomic E-state index is 14.8. The number of halogens is 2. The maximum absolute atomic E-state index is 14.8. The van der Waals surface area contributed by atoms with E-state index in [2.05, 4.69) is 35.9 Å². The number of aromatic nitrogens is 6. The molecule has 3 aromatic carbocycles. The number of anilines is 2. The highest BCUT2D eigenvalue weighted by molar-refractivity contribution is 6.01. The second kappa shape index (κ2) is 28.2. The molecule has 488 valence electrons. The molecular formula is C69H82F2N10O11. The van der Waals surface area contributed by atoms with Crippen molar-refractivity contribution in [1.82, 2.24) is 39.7 Å². The lowest BCUT2D eigenvalue weighted by Gasteiger charge is -2.40. The Morgan fingerprint density at radius 1 is 0.543 bits per heavy atom. The summed E-state index contributed by atoms with van der Waals surface area (Å²) in [5.41, 5.74) is 1.86. The molecular weight excluding hydrogens is 1180 g/mol. The van der Waals surface area contributed by atoms with Crippen molar-refractivity contribution in [1.29, 1.82) is 0 Å². The highest BCUT2D eigenvalue weighted by atomic mass is 19.1. The second-order valence-electron chi connectivity index (χ2n) is 25.6. The van der Waals surface area contributed by atoms with Gasteiger partial charge < -0.3 is 44.5 Å². The number of ether oxygens (including phenoxy) is 4. The second-order valence-corrected chi connectivity index (χ2v) is 25.6. The first-order valence-electron chi connectivity index (χ1n) is 31.8. The van der Waals surface area contributed by atoms with Crippen LogP contribution in [0.5, 0.6) is 17.2 Å². The van der Waals surface area contributed by atoms with Gasteiger partial charge in [0.15, 0.2) is 0 Å². The first kappa shape index (κ1) is 65.9. The first-order chi connectivity index (χ1) is 44.2. The third kappa shape index (κ3) is 14.2. The van der Waals surface area contributed by atoms with Gasteiger partial charge in [-0.3, -0.25) is 29.1 Å². The number of amides is 4. The fourth-order valence-electron chi connectivity index (χ4n) is 13.9. The zero-order valence-corrected chi connectivity index (χ0v) is 53.1. The maximum Gasteiger partial charge on any atom is 0.435 e. The highest BCUT2D eigenvalue weighted by Crippen LogP contribution is 2.46. The molecule has 3 aliphatic carbocycles. The Morgan fingerprint density at radius 2 is 0.946 bits per heavy atom. The first-order valence-corrected chi connectivity index (χ1v) is 31.8. The number of aromatic amines is 1. The van der Waals surface area contributed by atoms with Crippen LogP contribution < -0.4 is 24.8 Å². The number of likely N-dealkylation sites (tertiary alicyclic amines) is 2. The number of carbonyl (C=O) groups excluding carboxylic acids is 5. The van der Waals surface area contributed by atoms with Crippen LogP contribution in [0.15, 0.2) is 109 Å². The number of benzene rings is 3. The molecule has 23 heteroatoms. The molecule has 4 aromatic heterocycles. The van der Waals surface area contributed by atoms with Gasteiger partial charge in [-0.05, 0) is 137 Å². The number of nitrogens with zero attached hydrogens (tertiary/aromatic N) is 7. The average molecular weight is 1270 g/mol. The largest absolute Gasteiger partial charge is 0.497 e. The smallest absolute Gasteiger partial charge is 0.435 e. The van der Waals surface area contributed by atoms with E-state index < -0.39 is 70.1 Å². The number of pyridine rings is 2. The lowest BCUT2D eigenvalue weighted by Crippen LogP contribution is -2.52. The van der Waals surface area contributed by atoms with Gasteiger partial charge in [-0.25, -0.2) is 23.5 Å². The SMILES string of the molecule is COc1ccc(C2(C(=O)N3C[C@H](F)C[C@@H]3C(=O)Nc3ccc4[nH]ncc4n3)CCCCC2)cc1.COc1ccc(C2(C(=O)N3C[C@H](F)C[C@@H]3C(=O)Nc3ccc4c(cnn4C(=O)OC(C)(C)C)n3)CCCCC2)cc1.COc1ccc(C2(C(=O)O)CCCCC2)cc1. The minimum absolute atomic E-state index is 0.0236. The summed E-state index contributed by atoms with van der Waals surface area (Å²) in [7, 11) is 4.80. The van der Waals surface area contributed by atoms with E-state index in [9.17, 15) is 42.7 Å². The molecule has 7 aromatic rings. The summed E-state index contributed by atoms with van der Waals surface area (Å²) in [4.78, 5) is 90.7. The monoisotopic (exact) mass is 1260 g/mol. The van der Waals surface area contributed by atoms with E-state index in [1.165, 1.54) is 22.1 Å². The molecule has 0 spiro atoms. The predicted molar refractivity (Wildman–Crippen MR) is 341 cm³/mol. The van der Waals surface area contributed by atoms with Crippen LogP contribution in [0.1, 0.15) is 147 Å². The summed E-state index contributed by atoms with van der Waals surface area (Å²) in [6, 6.07) is 27.2. The van der Waals surface area contributed by atoms with Crippen molar-refractivity contribution < 1.29 is 61.6 Å². The Morgan fingerprint density at radius 3 is 1.36 bits per heavy atom. The van der Waals surface area contributed by atoms with Gasteiger partial charge in [-0.15, -0.1) is 0 Å². The quantitative estimate of drug-likeness (QED) is 0.0836. The van der Waals surface area contributed by atoms with Crippen LogP contribution in [-0.4, -0.2) is 145 Å². The van der Waals surface area contributed by atoms with E-state index in [1.807, 2.05) is 72.8 Å². The lowest BCUT2D eigenvalue weighted by atomic mass is 9.68. The van der Waals surface area contributed by atoms with Crippen molar-refractivity contribution in [2.24, 2.45) is 0 Å². The number of alkyl halides is 2. The molecule has 12 rings (SSSR count). The third-order valence-electron chi connectivity index (χ3n) is 18.7. The van der Waals surface area contributed by atoms with Gasteiger partial charge >= 0.3 is 12.1 Å². The zero-order valence-electron chi connectivity index (χ0n) is 53.1. The van der Waals surface area contributed by atoms with Crippen molar-refractivity contribution in [2.45, 2.75) is 176 Å². The molecule has 6 heterocycles. The van der Waals surface area contributed by atoms with Gasteiger partial charge in [-0.2, -0.15) is 14.9 Å². The van der Waals surface area contributed by atoms with E-state index in [1.54, 1.807) is 66.5 Å². The molecule has 92 heavy (non-hydrogen) atoms. The number of methoxy groups -OCH3 is 3. The number of carboxylic acid groups (broad SMARTS) is 1. The third-order valence-corrected chi connectivity index (χ3v) is 18.7. The van der Waals surface area contributed by atoms with E-state index in [0.29, 0.717) is 59.6 Å². The Balaban J connectivity index is 0.000000163. The van der Waals surface area contributed by atoms with Gasteiger partial charge in [0.25, 0.3) is 0 Å². The fraction of sp³-hybridized carbons (Fsp3) is 0.478. The zero-order chi connectivity index (χ0) is 65.4. The Labute approximate surface area is 533 Å². The van der Waals surface area contributed by atoms with E-state index in [-0.39, 0.29) is 43.6 Å². The molecule has 2 aliphatic heterocycles. The van der Waals surface area contributed by atoms with E-state index in [4.69, 9.17) is 18.9 Å².